The molecule has 1 aliphatic heterocycles. The summed E-state index contributed by atoms with van der Waals surface area (Å²) in [5.74, 6) is 0.156. The van der Waals surface area contributed by atoms with Crippen molar-refractivity contribution in [2.45, 2.75) is 12.1 Å². The predicted molar refractivity (Wildman–Crippen MR) is 39.8 cm³/mol. The quantitative estimate of drug-likeness (QED) is 0.264. The van der Waals surface area contributed by atoms with E-state index in [1.54, 1.807) is 0 Å². The highest BCUT2D eigenvalue weighted by Crippen LogP contribution is 2.21. The predicted octanol–water partition coefficient (Wildman–Crippen LogP) is -0.241. The molecule has 10 heavy (non-hydrogen) atoms. The smallest absolute Gasteiger partial charge is 0.122 e. The van der Waals surface area contributed by atoms with Crippen molar-refractivity contribution in [1.82, 2.24) is 5.32 Å². The van der Waals surface area contributed by atoms with Crippen LogP contribution in [0.3, 0.4) is 0 Å². The van der Waals surface area contributed by atoms with E-state index in [0.29, 0.717) is 12.1 Å². The monoisotopic (exact) mass is 135 g/mol. The van der Waals surface area contributed by atoms with Crippen LogP contribution in [-0.2, 0) is 0 Å². The summed E-state index contributed by atoms with van der Waals surface area (Å²) in [6, 6.07) is 0.965. The van der Waals surface area contributed by atoms with Crippen LogP contribution in [0.25, 0.3) is 0 Å². The van der Waals surface area contributed by atoms with Crippen molar-refractivity contribution in [3.63, 3.8) is 0 Å². The van der Waals surface area contributed by atoms with Crippen LogP contribution in [0.15, 0.2) is 23.8 Å². The number of rotatable bonds is 1. The van der Waals surface area contributed by atoms with Crippen LogP contribution in [0, 0.1) is 5.41 Å². The van der Waals surface area contributed by atoms with Gasteiger partial charge >= 0.3 is 0 Å². The van der Waals surface area contributed by atoms with E-state index in [9.17, 15) is 0 Å². The molecule has 0 saturated carbocycles. The molecule has 1 fully saturated rings. The van der Waals surface area contributed by atoms with Gasteiger partial charge in [0.1, 0.15) is 5.84 Å². The molecule has 0 aromatic rings. The Balaban J connectivity index is 2.23. The van der Waals surface area contributed by atoms with Crippen molar-refractivity contribution in [3.05, 3.63) is 23.8 Å². The molecule has 52 valence electrons. The minimum absolute atomic E-state index is 0.156. The van der Waals surface area contributed by atoms with Crippen LogP contribution >= 0.6 is 0 Å². The lowest BCUT2D eigenvalue weighted by Crippen LogP contribution is -2.13. The summed E-state index contributed by atoms with van der Waals surface area (Å²) in [6.45, 7) is 0. The van der Waals surface area contributed by atoms with Gasteiger partial charge in [0.15, 0.2) is 0 Å². The molecule has 0 aromatic heterocycles. The molecular weight excluding hydrogens is 126 g/mol. The molecule has 0 aromatic carbocycles. The molecule has 0 unspecified atom stereocenters. The molecular formula is C7H9N3. The van der Waals surface area contributed by atoms with Gasteiger partial charge in [-0.25, -0.2) is 0 Å². The summed E-state index contributed by atoms with van der Waals surface area (Å²) < 4.78 is 0. The van der Waals surface area contributed by atoms with E-state index < -0.39 is 0 Å². The number of nitrogens with two attached hydrogens (primary N) is 1. The van der Waals surface area contributed by atoms with Gasteiger partial charge in [-0.2, -0.15) is 0 Å². The van der Waals surface area contributed by atoms with E-state index >= 15 is 0 Å². The highest BCUT2D eigenvalue weighted by Gasteiger charge is 2.34. The van der Waals surface area contributed by atoms with Crippen molar-refractivity contribution in [1.29, 1.82) is 5.41 Å². The molecule has 1 heterocycles. The maximum Gasteiger partial charge on any atom is 0.122 e. The van der Waals surface area contributed by atoms with Crippen LogP contribution in [0.1, 0.15) is 0 Å². The number of hydrogen-bond acceptors (Lipinski definition) is 2. The first-order chi connectivity index (χ1) is 4.77. The molecule has 3 nitrogen and oxygen atoms in total. The summed E-state index contributed by atoms with van der Waals surface area (Å²) in [5, 5.41) is 10.3. The van der Waals surface area contributed by atoms with Gasteiger partial charge in [0, 0.05) is 17.7 Å². The van der Waals surface area contributed by atoms with Crippen molar-refractivity contribution in [3.8, 4) is 0 Å². The summed E-state index contributed by atoms with van der Waals surface area (Å²) >= 11 is 0. The zero-order valence-electron chi connectivity index (χ0n) is 5.46. The minimum Gasteiger partial charge on any atom is -0.384 e. The van der Waals surface area contributed by atoms with E-state index in [0.717, 1.165) is 5.57 Å². The van der Waals surface area contributed by atoms with Gasteiger partial charge in [0.2, 0.25) is 0 Å². The molecule has 3 heteroatoms. The molecule has 0 amide bonds. The largest absolute Gasteiger partial charge is 0.384 e. The standard InChI is InChI=1S/C7H9N3/c8-7(9)4-1-2-5-6(3-4)10-5/h1-3,5-6,10H,(H3,8,9)/t5-,6+/m0/s1. The number of nitrogens with one attached hydrogen (secondary N) is 2. The Morgan fingerprint density at radius 2 is 2.40 bits per heavy atom. The molecule has 0 bridgehead atoms. The lowest BCUT2D eigenvalue weighted by molar-refractivity contribution is 1.19. The number of fused-ring (bicyclic) bond motifs is 1. The lowest BCUT2D eigenvalue weighted by Gasteiger charge is -2.00. The third-order valence-electron chi connectivity index (χ3n) is 1.82. The van der Waals surface area contributed by atoms with Crippen LogP contribution in [0.5, 0.6) is 0 Å². The maximum atomic E-state index is 7.13. The fourth-order valence-corrected chi connectivity index (χ4v) is 1.13. The molecule has 0 radical (unpaired) electrons. The maximum absolute atomic E-state index is 7.13. The molecule has 1 saturated heterocycles. The van der Waals surface area contributed by atoms with Crippen LogP contribution < -0.4 is 11.1 Å². The fourth-order valence-electron chi connectivity index (χ4n) is 1.13. The van der Waals surface area contributed by atoms with E-state index in [1.165, 1.54) is 0 Å². The SMILES string of the molecule is N=C(N)C1=C[C@H]2N[C@H]2C=C1. The second-order valence-corrected chi connectivity index (χ2v) is 2.61. The first kappa shape index (κ1) is 5.68. The van der Waals surface area contributed by atoms with Gasteiger partial charge in [-0.05, 0) is 0 Å². The second kappa shape index (κ2) is 1.70. The second-order valence-electron chi connectivity index (χ2n) is 2.61. The van der Waals surface area contributed by atoms with Crippen LogP contribution in [0.2, 0.25) is 0 Å². The first-order valence-corrected chi connectivity index (χ1v) is 3.28. The third kappa shape index (κ3) is 0.752. The average Bonchev–Trinajstić information content (AvgIpc) is 2.63. The van der Waals surface area contributed by atoms with Crippen molar-refractivity contribution in [2.75, 3.05) is 0 Å². The summed E-state index contributed by atoms with van der Waals surface area (Å²) in [7, 11) is 0. The Morgan fingerprint density at radius 1 is 1.60 bits per heavy atom. The number of amidine groups is 1. The third-order valence-corrected chi connectivity index (χ3v) is 1.82. The Kier molecular flexibility index (Phi) is 0.964. The summed E-state index contributed by atoms with van der Waals surface area (Å²) in [5.41, 5.74) is 6.12. The lowest BCUT2D eigenvalue weighted by atomic mass is 10.1. The van der Waals surface area contributed by atoms with E-state index in [-0.39, 0.29) is 5.84 Å². The van der Waals surface area contributed by atoms with E-state index in [1.807, 2.05) is 18.2 Å². The van der Waals surface area contributed by atoms with E-state index in [4.69, 9.17) is 11.1 Å². The molecule has 1 aliphatic carbocycles. The van der Waals surface area contributed by atoms with Gasteiger partial charge < -0.3 is 11.1 Å². The van der Waals surface area contributed by atoms with Crippen molar-refractivity contribution in [2.24, 2.45) is 5.73 Å². The molecule has 2 atom stereocenters. The van der Waals surface area contributed by atoms with Gasteiger partial charge in [-0.1, -0.05) is 18.2 Å². The van der Waals surface area contributed by atoms with Crippen LogP contribution in [0.4, 0.5) is 0 Å². The zero-order valence-corrected chi connectivity index (χ0v) is 5.46. The van der Waals surface area contributed by atoms with E-state index in [2.05, 4.69) is 5.32 Å². The van der Waals surface area contributed by atoms with Crippen molar-refractivity contribution < 1.29 is 0 Å². The van der Waals surface area contributed by atoms with Gasteiger partial charge in [-0.15, -0.1) is 0 Å². The zero-order chi connectivity index (χ0) is 7.14. The first-order valence-electron chi connectivity index (χ1n) is 3.28. The fraction of sp³-hybridized carbons (Fsp3) is 0.286. The van der Waals surface area contributed by atoms with Crippen LogP contribution in [-0.4, -0.2) is 17.9 Å². The Bertz CT molecular complexity index is 239. The Morgan fingerprint density at radius 3 is 3.00 bits per heavy atom. The summed E-state index contributed by atoms with van der Waals surface area (Å²) in [4.78, 5) is 0. The van der Waals surface area contributed by atoms with Crippen molar-refractivity contribution >= 4 is 5.84 Å². The van der Waals surface area contributed by atoms with Gasteiger partial charge in [0.05, 0.1) is 0 Å². The molecule has 0 spiro atoms. The Labute approximate surface area is 59.1 Å². The summed E-state index contributed by atoms with van der Waals surface area (Å²) in [6.07, 6.45) is 5.93. The Hall–Kier alpha value is -1.09. The topological polar surface area (TPSA) is 71.8 Å². The minimum atomic E-state index is 0.156. The number of hydrogen-bond donors (Lipinski definition) is 3. The van der Waals surface area contributed by atoms with Gasteiger partial charge in [-0.3, -0.25) is 5.41 Å². The molecule has 2 rings (SSSR count). The average molecular weight is 135 g/mol. The molecule has 4 N–H and O–H groups in total. The van der Waals surface area contributed by atoms with Gasteiger partial charge in [0.25, 0.3) is 0 Å². The normalized spacial score (nSPS) is 34.6. The molecule has 2 aliphatic rings. The highest BCUT2D eigenvalue weighted by atomic mass is 15.1. The highest BCUT2D eigenvalue weighted by molar-refractivity contribution is 5.97.